The van der Waals surface area contributed by atoms with Gasteiger partial charge in [0, 0.05) is 0 Å². The molecule has 0 aliphatic carbocycles. The summed E-state index contributed by atoms with van der Waals surface area (Å²) < 4.78 is 13.4. The van der Waals surface area contributed by atoms with Crippen LogP contribution in [0.15, 0.2) is 12.1 Å². The Bertz CT molecular complexity index is 507. The minimum Gasteiger partial charge on any atom is -0.388 e. The van der Waals surface area contributed by atoms with Crippen LogP contribution in [0.2, 0.25) is 0 Å². The van der Waals surface area contributed by atoms with Crippen molar-refractivity contribution in [3.05, 3.63) is 33.6 Å². The van der Waals surface area contributed by atoms with Crippen LogP contribution in [0.25, 0.3) is 0 Å². The normalized spacial score (nSPS) is 12.4. The number of nitrogens with zero attached hydrogens (tertiary/aromatic N) is 1. The number of aryl methyl sites for hydroxylation is 1. The highest BCUT2D eigenvalue weighted by molar-refractivity contribution is 5.64. The third-order valence-electron chi connectivity index (χ3n) is 3.45. The maximum absolute atomic E-state index is 13.4. The third kappa shape index (κ3) is 3.20. The first-order chi connectivity index (χ1) is 8.45. The summed E-state index contributed by atoms with van der Waals surface area (Å²) >= 11 is 0. The Morgan fingerprint density at radius 1 is 1.32 bits per heavy atom. The second kappa shape index (κ2) is 4.77. The van der Waals surface area contributed by atoms with Crippen molar-refractivity contribution >= 4 is 11.4 Å². The number of rotatable bonds is 4. The highest BCUT2D eigenvalue weighted by Gasteiger charge is 2.36. The van der Waals surface area contributed by atoms with Crippen molar-refractivity contribution in [2.45, 2.75) is 45.8 Å². The van der Waals surface area contributed by atoms with Gasteiger partial charge in [0.25, 0.3) is 5.69 Å². The molecule has 0 aliphatic rings. The molecule has 0 unspecified atom stereocenters. The van der Waals surface area contributed by atoms with Crippen LogP contribution >= 0.6 is 0 Å². The Hall–Kier alpha value is -1.69. The van der Waals surface area contributed by atoms with E-state index in [1.807, 2.05) is 0 Å². The zero-order chi connectivity index (χ0) is 15.0. The SMILES string of the molecule is Cc1cc(NC(C)(C)C(C)(C)O)c([N+](=O)[O-])cc1F. The predicted octanol–water partition coefficient (Wildman–Crippen LogP) is 3.00. The van der Waals surface area contributed by atoms with Crippen molar-refractivity contribution < 1.29 is 14.4 Å². The van der Waals surface area contributed by atoms with Gasteiger partial charge < -0.3 is 10.4 Å². The molecular formula is C13H19FN2O3. The average molecular weight is 270 g/mol. The van der Waals surface area contributed by atoms with Crippen LogP contribution in [0.3, 0.4) is 0 Å². The molecule has 19 heavy (non-hydrogen) atoms. The molecule has 0 saturated carbocycles. The molecule has 2 N–H and O–H groups in total. The van der Waals surface area contributed by atoms with Gasteiger partial charge in [-0.05, 0) is 46.2 Å². The second-order valence-electron chi connectivity index (χ2n) is 5.68. The molecule has 0 saturated heterocycles. The van der Waals surface area contributed by atoms with Gasteiger partial charge in [-0.25, -0.2) is 4.39 Å². The highest BCUT2D eigenvalue weighted by Crippen LogP contribution is 2.33. The van der Waals surface area contributed by atoms with Gasteiger partial charge in [-0.1, -0.05) is 0 Å². The van der Waals surface area contributed by atoms with Crippen LogP contribution in [-0.4, -0.2) is 21.2 Å². The summed E-state index contributed by atoms with van der Waals surface area (Å²) in [6.45, 7) is 8.16. The van der Waals surface area contributed by atoms with Crippen molar-refractivity contribution in [2.24, 2.45) is 0 Å². The summed E-state index contributed by atoms with van der Waals surface area (Å²) in [5.74, 6) is -0.627. The van der Waals surface area contributed by atoms with E-state index in [1.54, 1.807) is 27.7 Å². The number of benzene rings is 1. The van der Waals surface area contributed by atoms with Gasteiger partial charge in [0.15, 0.2) is 0 Å². The molecule has 0 aliphatic heterocycles. The number of nitro benzene ring substituents is 1. The van der Waals surface area contributed by atoms with E-state index >= 15 is 0 Å². The molecule has 5 nitrogen and oxygen atoms in total. The highest BCUT2D eigenvalue weighted by atomic mass is 19.1. The van der Waals surface area contributed by atoms with E-state index in [2.05, 4.69) is 5.32 Å². The van der Waals surface area contributed by atoms with Crippen LogP contribution in [0.1, 0.15) is 33.3 Å². The Labute approximate surface area is 111 Å². The first-order valence-corrected chi connectivity index (χ1v) is 5.91. The van der Waals surface area contributed by atoms with Gasteiger partial charge in [-0.3, -0.25) is 10.1 Å². The quantitative estimate of drug-likeness (QED) is 0.651. The van der Waals surface area contributed by atoms with Crippen molar-refractivity contribution in [1.82, 2.24) is 0 Å². The summed E-state index contributed by atoms with van der Waals surface area (Å²) in [6, 6.07) is 2.26. The zero-order valence-corrected chi connectivity index (χ0v) is 11.7. The Morgan fingerprint density at radius 2 is 1.84 bits per heavy atom. The Morgan fingerprint density at radius 3 is 2.26 bits per heavy atom. The molecule has 0 fully saturated rings. The minimum absolute atomic E-state index is 0.191. The molecule has 0 atom stereocenters. The maximum atomic E-state index is 13.4. The summed E-state index contributed by atoms with van der Waals surface area (Å²) in [6.07, 6.45) is 0. The number of halogens is 1. The molecule has 0 bridgehead atoms. The molecule has 1 aromatic carbocycles. The van der Waals surface area contributed by atoms with E-state index < -0.39 is 21.9 Å². The van der Waals surface area contributed by atoms with E-state index in [-0.39, 0.29) is 11.4 Å². The maximum Gasteiger partial charge on any atom is 0.295 e. The Kier molecular flexibility index (Phi) is 3.86. The number of hydrogen-bond acceptors (Lipinski definition) is 4. The smallest absolute Gasteiger partial charge is 0.295 e. The van der Waals surface area contributed by atoms with E-state index in [1.165, 1.54) is 13.0 Å². The van der Waals surface area contributed by atoms with Crippen LogP contribution in [-0.2, 0) is 0 Å². The number of anilines is 1. The summed E-state index contributed by atoms with van der Waals surface area (Å²) in [5.41, 5.74) is -1.78. The molecule has 106 valence electrons. The number of hydrogen-bond donors (Lipinski definition) is 2. The standard InChI is InChI=1S/C13H19FN2O3/c1-8-6-10(11(16(18)19)7-9(8)14)15-12(2,3)13(4,5)17/h6-7,15,17H,1-5H3. The lowest BCUT2D eigenvalue weighted by atomic mass is 9.85. The number of nitro groups is 1. The lowest BCUT2D eigenvalue weighted by Crippen LogP contribution is -2.51. The van der Waals surface area contributed by atoms with Crippen molar-refractivity contribution in [1.29, 1.82) is 0 Å². The van der Waals surface area contributed by atoms with Crippen molar-refractivity contribution in [2.75, 3.05) is 5.32 Å². The fraction of sp³-hybridized carbons (Fsp3) is 0.538. The zero-order valence-electron chi connectivity index (χ0n) is 11.7. The molecule has 1 rings (SSSR count). The van der Waals surface area contributed by atoms with Crippen molar-refractivity contribution in [3.8, 4) is 0 Å². The predicted molar refractivity (Wildman–Crippen MR) is 71.8 cm³/mol. The minimum atomic E-state index is -1.11. The average Bonchev–Trinajstić information content (AvgIpc) is 2.20. The van der Waals surface area contributed by atoms with Gasteiger partial charge in [0.05, 0.1) is 22.1 Å². The van der Waals surface area contributed by atoms with E-state index in [0.717, 1.165) is 6.07 Å². The van der Waals surface area contributed by atoms with Gasteiger partial charge in [-0.15, -0.1) is 0 Å². The molecule has 0 aromatic heterocycles. The number of nitrogens with one attached hydrogen (secondary N) is 1. The Balaban J connectivity index is 3.28. The van der Waals surface area contributed by atoms with E-state index in [4.69, 9.17) is 0 Å². The third-order valence-corrected chi connectivity index (χ3v) is 3.45. The number of aliphatic hydroxyl groups is 1. The molecule has 1 aromatic rings. The molecule has 0 spiro atoms. The molecule has 6 heteroatoms. The molecular weight excluding hydrogens is 251 g/mol. The first-order valence-electron chi connectivity index (χ1n) is 5.91. The van der Waals surface area contributed by atoms with Gasteiger partial charge >= 0.3 is 0 Å². The second-order valence-corrected chi connectivity index (χ2v) is 5.68. The lowest BCUT2D eigenvalue weighted by Gasteiger charge is -2.38. The van der Waals surface area contributed by atoms with E-state index in [9.17, 15) is 19.6 Å². The van der Waals surface area contributed by atoms with Crippen LogP contribution in [0, 0.1) is 22.9 Å². The van der Waals surface area contributed by atoms with Crippen LogP contribution in [0.5, 0.6) is 0 Å². The topological polar surface area (TPSA) is 75.4 Å². The molecule has 0 amide bonds. The molecule has 0 radical (unpaired) electrons. The van der Waals surface area contributed by atoms with Crippen LogP contribution in [0.4, 0.5) is 15.8 Å². The summed E-state index contributed by atoms with van der Waals surface area (Å²) in [7, 11) is 0. The summed E-state index contributed by atoms with van der Waals surface area (Å²) in [5, 5.41) is 23.9. The summed E-state index contributed by atoms with van der Waals surface area (Å²) in [4.78, 5) is 10.3. The fourth-order valence-corrected chi connectivity index (χ4v) is 1.41. The fourth-order valence-electron chi connectivity index (χ4n) is 1.41. The van der Waals surface area contributed by atoms with Gasteiger partial charge in [0.2, 0.25) is 0 Å². The van der Waals surface area contributed by atoms with Crippen LogP contribution < -0.4 is 5.32 Å². The largest absolute Gasteiger partial charge is 0.388 e. The van der Waals surface area contributed by atoms with Crippen molar-refractivity contribution in [3.63, 3.8) is 0 Å². The first kappa shape index (κ1) is 15.4. The van der Waals surface area contributed by atoms with Gasteiger partial charge in [0.1, 0.15) is 11.5 Å². The van der Waals surface area contributed by atoms with Gasteiger partial charge in [-0.2, -0.15) is 0 Å². The lowest BCUT2D eigenvalue weighted by molar-refractivity contribution is -0.384. The molecule has 0 heterocycles. The monoisotopic (exact) mass is 270 g/mol. The van der Waals surface area contributed by atoms with E-state index in [0.29, 0.717) is 5.56 Å².